The zero-order chi connectivity index (χ0) is 24.1. The molecule has 1 saturated carbocycles. The Kier molecular flexibility index (Phi) is 7.49. The Morgan fingerprint density at radius 3 is 2.74 bits per heavy atom. The average molecular weight is 468 g/mol. The number of hydrogen-bond donors (Lipinski definition) is 3. The smallest absolute Gasteiger partial charge is 0.320 e. The molecule has 182 valence electrons. The van der Waals surface area contributed by atoms with Gasteiger partial charge in [0, 0.05) is 6.54 Å². The van der Waals surface area contributed by atoms with E-state index in [1.54, 1.807) is 0 Å². The van der Waals surface area contributed by atoms with Crippen molar-refractivity contribution in [3.63, 3.8) is 0 Å². The van der Waals surface area contributed by atoms with E-state index in [0.717, 1.165) is 50.5 Å². The third kappa shape index (κ3) is 5.76. The molecule has 4 N–H and O–H groups in total. The summed E-state index contributed by atoms with van der Waals surface area (Å²) in [5, 5.41) is 12.0. The Morgan fingerprint density at radius 1 is 1.24 bits per heavy atom. The number of hydrogen-bond acceptors (Lipinski definition) is 7. The fraction of sp³-hybridized carbons (Fsp3) is 0.520. The summed E-state index contributed by atoms with van der Waals surface area (Å²) in [6.07, 6.45) is 6.19. The van der Waals surface area contributed by atoms with Crippen molar-refractivity contribution in [2.45, 2.75) is 58.4 Å². The van der Waals surface area contributed by atoms with Crippen molar-refractivity contribution in [3.05, 3.63) is 35.4 Å². The van der Waals surface area contributed by atoms with Crippen LogP contribution in [0.25, 0.3) is 0 Å². The molecule has 1 aliphatic heterocycles. The Bertz CT molecular complexity index is 1040. The van der Waals surface area contributed by atoms with Crippen LogP contribution in [0.1, 0.15) is 56.6 Å². The molecule has 1 aliphatic carbocycles. The van der Waals surface area contributed by atoms with Crippen molar-refractivity contribution in [1.29, 1.82) is 0 Å². The molecular formula is C25H33N5O4. The van der Waals surface area contributed by atoms with Crippen LogP contribution in [0.15, 0.2) is 24.3 Å². The van der Waals surface area contributed by atoms with E-state index in [1.807, 2.05) is 17.0 Å². The van der Waals surface area contributed by atoms with Gasteiger partial charge in [0.05, 0.1) is 19.1 Å². The van der Waals surface area contributed by atoms with Crippen LogP contribution in [0.3, 0.4) is 0 Å². The summed E-state index contributed by atoms with van der Waals surface area (Å²) >= 11 is 0. The van der Waals surface area contributed by atoms with Gasteiger partial charge in [-0.1, -0.05) is 37.6 Å². The molecule has 0 spiro atoms. The zero-order valence-corrected chi connectivity index (χ0v) is 19.6. The predicted molar refractivity (Wildman–Crippen MR) is 130 cm³/mol. The van der Waals surface area contributed by atoms with Gasteiger partial charge in [0.25, 0.3) is 0 Å². The Hall–Kier alpha value is -3.36. The highest BCUT2D eigenvalue weighted by molar-refractivity contribution is 5.99. The number of aromatic nitrogens is 2. The summed E-state index contributed by atoms with van der Waals surface area (Å²) in [7, 11) is 0. The van der Waals surface area contributed by atoms with E-state index in [4.69, 9.17) is 10.5 Å². The van der Waals surface area contributed by atoms with Gasteiger partial charge in [-0.25, -0.2) is 0 Å². The van der Waals surface area contributed by atoms with Crippen LogP contribution < -0.4 is 20.7 Å². The number of nitrogens with one attached hydrogen (secondary N) is 1. The van der Waals surface area contributed by atoms with E-state index >= 15 is 0 Å². The lowest BCUT2D eigenvalue weighted by atomic mass is 9.79. The lowest BCUT2D eigenvalue weighted by Crippen LogP contribution is -2.31. The second kappa shape index (κ2) is 10.7. The molecule has 4 rings (SSSR count). The van der Waals surface area contributed by atoms with Crippen LogP contribution in [0.4, 0.5) is 17.3 Å². The van der Waals surface area contributed by atoms with Gasteiger partial charge in [-0.05, 0) is 55.6 Å². The second-order valence-electron chi connectivity index (χ2n) is 9.28. The highest BCUT2D eigenvalue weighted by Gasteiger charge is 2.27. The molecule has 0 radical (unpaired) electrons. The number of fused-ring (bicyclic) bond motifs is 2. The number of nitrogen functional groups attached to an aromatic ring is 1. The molecule has 2 aromatic rings. The third-order valence-electron chi connectivity index (χ3n) is 6.61. The number of carboxylic acids is 1. The first-order valence-corrected chi connectivity index (χ1v) is 12.1. The molecule has 9 heteroatoms. The summed E-state index contributed by atoms with van der Waals surface area (Å²) in [6.45, 7) is 3.17. The van der Waals surface area contributed by atoms with Crippen molar-refractivity contribution in [3.8, 4) is 6.01 Å². The van der Waals surface area contributed by atoms with E-state index in [2.05, 4.69) is 34.3 Å². The quantitative estimate of drug-likeness (QED) is 0.477. The van der Waals surface area contributed by atoms with Crippen molar-refractivity contribution in [2.75, 3.05) is 29.1 Å². The largest absolute Gasteiger partial charge is 0.481 e. The van der Waals surface area contributed by atoms with Crippen molar-refractivity contribution >= 4 is 29.2 Å². The molecule has 2 aliphatic rings. The molecule has 0 unspecified atom stereocenters. The molecule has 0 atom stereocenters. The van der Waals surface area contributed by atoms with Crippen molar-refractivity contribution in [2.24, 2.45) is 11.8 Å². The second-order valence-corrected chi connectivity index (χ2v) is 9.28. The molecule has 1 aromatic heterocycles. The van der Waals surface area contributed by atoms with E-state index in [0.29, 0.717) is 30.6 Å². The van der Waals surface area contributed by atoms with Crippen LogP contribution in [-0.4, -0.2) is 40.1 Å². The minimum Gasteiger partial charge on any atom is -0.481 e. The Balaban J connectivity index is 1.47. The SMILES string of the molecule is CCCCOc1nc2c(N)c(n1)N(Cc1cccc(CC3CCC(C(=O)O)CC3)c1)CC(=O)N2. The van der Waals surface area contributed by atoms with Gasteiger partial charge >= 0.3 is 12.0 Å². The highest BCUT2D eigenvalue weighted by Crippen LogP contribution is 2.34. The normalized spacial score (nSPS) is 19.9. The maximum Gasteiger partial charge on any atom is 0.320 e. The number of carbonyl (C=O) groups is 2. The maximum atomic E-state index is 12.5. The van der Waals surface area contributed by atoms with Gasteiger partial charge in [-0.2, -0.15) is 9.97 Å². The molecule has 1 aromatic carbocycles. The van der Waals surface area contributed by atoms with E-state index in [1.165, 1.54) is 5.56 Å². The molecule has 34 heavy (non-hydrogen) atoms. The van der Waals surface area contributed by atoms with E-state index < -0.39 is 5.97 Å². The first-order chi connectivity index (χ1) is 16.4. The number of rotatable bonds is 9. The fourth-order valence-electron chi connectivity index (χ4n) is 4.72. The number of anilines is 3. The molecule has 1 amide bonds. The number of nitrogens with two attached hydrogens (primary N) is 1. The Morgan fingerprint density at radius 2 is 2.00 bits per heavy atom. The van der Waals surface area contributed by atoms with E-state index in [9.17, 15) is 14.7 Å². The summed E-state index contributed by atoms with van der Waals surface area (Å²) in [4.78, 5) is 34.3. The van der Waals surface area contributed by atoms with Gasteiger partial charge in [0.2, 0.25) is 5.91 Å². The van der Waals surface area contributed by atoms with Crippen molar-refractivity contribution < 1.29 is 19.4 Å². The summed E-state index contributed by atoms with van der Waals surface area (Å²) in [5.74, 6) is 0.205. The van der Waals surface area contributed by atoms with Crippen LogP contribution in [0.5, 0.6) is 6.01 Å². The minimum absolute atomic E-state index is 0.115. The van der Waals surface area contributed by atoms with Crippen LogP contribution in [-0.2, 0) is 22.6 Å². The monoisotopic (exact) mass is 467 g/mol. The Labute approximate surface area is 199 Å². The average Bonchev–Trinajstić information content (AvgIpc) is 2.86. The van der Waals surface area contributed by atoms with Gasteiger partial charge in [0.15, 0.2) is 11.6 Å². The zero-order valence-electron chi connectivity index (χ0n) is 19.6. The first kappa shape index (κ1) is 23.8. The number of nitrogens with zero attached hydrogens (tertiary/aromatic N) is 3. The number of aliphatic carboxylic acids is 1. The number of benzene rings is 1. The van der Waals surface area contributed by atoms with E-state index in [-0.39, 0.29) is 30.2 Å². The first-order valence-electron chi connectivity index (χ1n) is 12.1. The van der Waals surface area contributed by atoms with Gasteiger partial charge in [-0.15, -0.1) is 0 Å². The van der Waals surface area contributed by atoms with Gasteiger partial charge in [0.1, 0.15) is 5.69 Å². The minimum atomic E-state index is -0.673. The maximum absolute atomic E-state index is 12.5. The standard InChI is InChI=1S/C25H33N5O4/c1-2-3-11-34-25-28-22-21(26)23(29-25)30(15-20(31)27-22)14-18-6-4-5-17(13-18)12-16-7-9-19(10-8-16)24(32)33/h4-6,13,16,19H,2-3,7-12,14-15,26H2,1H3,(H,32,33)(H,27,28,29,31). The molecule has 9 nitrogen and oxygen atoms in total. The van der Waals surface area contributed by atoms with Crippen LogP contribution in [0, 0.1) is 11.8 Å². The molecule has 0 saturated heterocycles. The summed E-state index contributed by atoms with van der Waals surface area (Å²) < 4.78 is 5.68. The number of amides is 1. The van der Waals surface area contributed by atoms with Crippen LogP contribution in [0.2, 0.25) is 0 Å². The molecule has 2 bridgehead atoms. The predicted octanol–water partition coefficient (Wildman–Crippen LogP) is 3.63. The van der Waals surface area contributed by atoms with Gasteiger partial charge < -0.3 is 25.8 Å². The molecular weight excluding hydrogens is 434 g/mol. The lowest BCUT2D eigenvalue weighted by molar-refractivity contribution is -0.143. The highest BCUT2D eigenvalue weighted by atomic mass is 16.5. The number of carbonyl (C=O) groups excluding carboxylic acids is 1. The third-order valence-corrected chi connectivity index (χ3v) is 6.61. The van der Waals surface area contributed by atoms with Gasteiger partial charge in [-0.3, -0.25) is 9.59 Å². The summed E-state index contributed by atoms with van der Waals surface area (Å²) in [5.41, 5.74) is 8.89. The van der Waals surface area contributed by atoms with Crippen molar-refractivity contribution in [1.82, 2.24) is 9.97 Å². The summed E-state index contributed by atoms with van der Waals surface area (Å²) in [6, 6.07) is 8.54. The number of ether oxygens (including phenoxy) is 1. The topological polar surface area (TPSA) is 131 Å². The molecule has 1 fully saturated rings. The molecule has 2 heterocycles. The number of unbranched alkanes of at least 4 members (excludes halogenated alkanes) is 1. The number of carboxylic acid groups (broad SMARTS) is 1. The van der Waals surface area contributed by atoms with Crippen LogP contribution >= 0.6 is 0 Å². The fourth-order valence-corrected chi connectivity index (χ4v) is 4.72. The lowest BCUT2D eigenvalue weighted by Gasteiger charge is -2.26.